The van der Waals surface area contributed by atoms with Gasteiger partial charge < -0.3 is 29.2 Å². The van der Waals surface area contributed by atoms with Crippen molar-refractivity contribution in [3.63, 3.8) is 0 Å². The highest BCUT2D eigenvalue weighted by Crippen LogP contribution is 2.33. The number of amides is 2. The predicted octanol–water partition coefficient (Wildman–Crippen LogP) is 4.49. The molecular formula is C27H35FN6O4. The lowest BCUT2D eigenvalue weighted by Crippen LogP contribution is -2.49. The van der Waals surface area contributed by atoms with Crippen LogP contribution in [0.5, 0.6) is 0 Å². The lowest BCUT2D eigenvalue weighted by molar-refractivity contribution is 0.0638. The zero-order chi connectivity index (χ0) is 26.7. The van der Waals surface area contributed by atoms with E-state index in [9.17, 15) is 9.59 Å². The molecule has 10 nitrogen and oxygen atoms in total. The Kier molecular flexibility index (Phi) is 7.53. The van der Waals surface area contributed by atoms with Crippen molar-refractivity contribution in [3.05, 3.63) is 42.4 Å². The monoisotopic (exact) mass is 526 g/mol. The molecule has 0 bridgehead atoms. The van der Waals surface area contributed by atoms with E-state index in [2.05, 4.69) is 26.8 Å². The molecule has 2 aliphatic heterocycles. The van der Waals surface area contributed by atoms with Crippen LogP contribution in [0.2, 0.25) is 0 Å². The number of nitrogens with zero attached hydrogens (tertiary/aromatic N) is 5. The number of ether oxygens (including phenoxy) is 1. The first-order valence-corrected chi connectivity index (χ1v) is 13.4. The SMILES string of the molecule is C=CC(C)(F)c1nc(N2CCCC2)oc1C(=O)Nc1ccc(N2CCN(C(=O)OC3CCCC3)CC2)nc1. The molecule has 38 heavy (non-hydrogen) atoms. The maximum Gasteiger partial charge on any atom is 0.410 e. The van der Waals surface area contributed by atoms with E-state index in [1.807, 2.05) is 11.0 Å². The molecule has 3 fully saturated rings. The molecular weight excluding hydrogens is 491 g/mol. The van der Waals surface area contributed by atoms with Gasteiger partial charge in [-0.05, 0) is 63.7 Å². The molecule has 1 saturated carbocycles. The molecule has 1 aliphatic carbocycles. The number of hydrogen-bond acceptors (Lipinski definition) is 8. The van der Waals surface area contributed by atoms with Gasteiger partial charge in [0.2, 0.25) is 5.76 Å². The number of piperazine rings is 1. The van der Waals surface area contributed by atoms with Gasteiger partial charge >= 0.3 is 6.09 Å². The number of allylic oxidation sites excluding steroid dienone is 1. The standard InChI is InChI=1S/C27H35FN6O4/c1-3-27(2,28)23-22(38-25(31-23)33-12-6-7-13-33)24(35)30-19-10-11-21(29-18-19)32-14-16-34(17-15-32)26(36)37-20-8-4-5-9-20/h3,10-11,18,20H,1,4-9,12-17H2,2H3,(H,30,35). The van der Waals surface area contributed by atoms with Crippen LogP contribution in [-0.4, -0.2) is 72.2 Å². The highest BCUT2D eigenvalue weighted by atomic mass is 19.1. The fourth-order valence-corrected chi connectivity index (χ4v) is 5.11. The topological polar surface area (TPSA) is 104 Å². The predicted molar refractivity (Wildman–Crippen MR) is 141 cm³/mol. The Hall–Kier alpha value is -3.63. The van der Waals surface area contributed by atoms with E-state index in [0.717, 1.165) is 63.5 Å². The number of oxazole rings is 1. The molecule has 2 saturated heterocycles. The second-order valence-corrected chi connectivity index (χ2v) is 10.3. The molecule has 0 aromatic carbocycles. The minimum Gasteiger partial charge on any atom is -0.446 e. The number of hydrogen-bond donors (Lipinski definition) is 1. The molecule has 5 rings (SSSR count). The lowest BCUT2D eigenvalue weighted by atomic mass is 10.0. The van der Waals surface area contributed by atoms with E-state index >= 15 is 4.39 Å². The summed E-state index contributed by atoms with van der Waals surface area (Å²) in [7, 11) is 0. The van der Waals surface area contributed by atoms with Crippen LogP contribution in [0.3, 0.4) is 0 Å². The van der Waals surface area contributed by atoms with Gasteiger partial charge in [0.05, 0.1) is 11.9 Å². The third-order valence-corrected chi connectivity index (χ3v) is 7.48. The molecule has 4 heterocycles. The Balaban J connectivity index is 1.20. The van der Waals surface area contributed by atoms with Crippen LogP contribution >= 0.6 is 0 Å². The molecule has 2 aromatic heterocycles. The van der Waals surface area contributed by atoms with Crippen LogP contribution in [0.1, 0.15) is 61.7 Å². The summed E-state index contributed by atoms with van der Waals surface area (Å²) in [6.07, 6.45) is 8.62. The summed E-state index contributed by atoms with van der Waals surface area (Å²) in [6, 6.07) is 3.79. The average Bonchev–Trinajstić information content (AvgIpc) is 3.71. The van der Waals surface area contributed by atoms with Gasteiger partial charge in [0, 0.05) is 39.3 Å². The van der Waals surface area contributed by atoms with Gasteiger partial charge in [-0.2, -0.15) is 4.98 Å². The molecule has 1 atom stereocenters. The zero-order valence-corrected chi connectivity index (χ0v) is 21.8. The minimum atomic E-state index is -2.03. The van der Waals surface area contributed by atoms with E-state index in [1.54, 1.807) is 17.2 Å². The summed E-state index contributed by atoms with van der Waals surface area (Å²) in [4.78, 5) is 40.1. The molecule has 1 unspecified atom stereocenters. The van der Waals surface area contributed by atoms with Crippen LogP contribution in [0.4, 0.5) is 26.7 Å². The van der Waals surface area contributed by atoms with Gasteiger partial charge in [0.15, 0.2) is 5.67 Å². The van der Waals surface area contributed by atoms with Gasteiger partial charge in [0.25, 0.3) is 11.9 Å². The summed E-state index contributed by atoms with van der Waals surface area (Å²) in [5, 5.41) is 2.74. The fourth-order valence-electron chi connectivity index (χ4n) is 5.11. The third-order valence-electron chi connectivity index (χ3n) is 7.48. The molecule has 2 amide bonds. The van der Waals surface area contributed by atoms with Crippen LogP contribution in [0.15, 0.2) is 35.4 Å². The fraction of sp³-hybridized carbons (Fsp3) is 0.556. The van der Waals surface area contributed by atoms with Crippen LogP contribution in [-0.2, 0) is 10.4 Å². The van der Waals surface area contributed by atoms with Crippen LogP contribution in [0.25, 0.3) is 0 Å². The maximum absolute atomic E-state index is 15.2. The van der Waals surface area contributed by atoms with Crippen molar-refractivity contribution in [1.82, 2.24) is 14.9 Å². The van der Waals surface area contributed by atoms with Gasteiger partial charge in [0.1, 0.15) is 17.6 Å². The van der Waals surface area contributed by atoms with E-state index in [4.69, 9.17) is 9.15 Å². The Morgan fingerprint density at radius 1 is 1.11 bits per heavy atom. The highest BCUT2D eigenvalue weighted by Gasteiger charge is 2.35. The molecule has 204 valence electrons. The Morgan fingerprint density at radius 2 is 1.82 bits per heavy atom. The van der Waals surface area contributed by atoms with Crippen molar-refractivity contribution in [2.45, 2.75) is 57.2 Å². The number of halogens is 1. The van der Waals surface area contributed by atoms with Crippen molar-refractivity contribution in [3.8, 4) is 0 Å². The Bertz CT molecular complexity index is 1150. The van der Waals surface area contributed by atoms with Gasteiger partial charge in [-0.25, -0.2) is 14.2 Å². The number of pyridine rings is 1. The highest BCUT2D eigenvalue weighted by molar-refractivity contribution is 6.03. The van der Waals surface area contributed by atoms with Gasteiger partial charge in [-0.15, -0.1) is 0 Å². The molecule has 0 spiro atoms. The Morgan fingerprint density at radius 3 is 2.45 bits per heavy atom. The molecule has 1 N–H and O–H groups in total. The quantitative estimate of drug-likeness (QED) is 0.526. The minimum absolute atomic E-state index is 0.0558. The molecule has 2 aromatic rings. The number of carbonyl (C=O) groups excluding carboxylic acids is 2. The van der Waals surface area contributed by atoms with Crippen LogP contribution in [0, 0.1) is 0 Å². The van der Waals surface area contributed by atoms with E-state index in [0.29, 0.717) is 31.9 Å². The largest absolute Gasteiger partial charge is 0.446 e. The number of nitrogens with one attached hydrogen (secondary N) is 1. The van der Waals surface area contributed by atoms with Crippen LogP contribution < -0.4 is 15.1 Å². The number of carbonyl (C=O) groups is 2. The summed E-state index contributed by atoms with van der Waals surface area (Å²) in [6.45, 7) is 8.73. The summed E-state index contributed by atoms with van der Waals surface area (Å²) >= 11 is 0. The number of alkyl halides is 1. The first kappa shape index (κ1) is 26.0. The van der Waals surface area contributed by atoms with Crippen molar-refractivity contribution in [2.24, 2.45) is 0 Å². The second-order valence-electron chi connectivity index (χ2n) is 10.3. The zero-order valence-electron chi connectivity index (χ0n) is 21.8. The Labute approximate surface area is 221 Å². The number of aromatic nitrogens is 2. The summed E-state index contributed by atoms with van der Waals surface area (Å²) in [5.41, 5.74) is -1.68. The van der Waals surface area contributed by atoms with Crippen molar-refractivity contribution < 1.29 is 23.1 Å². The number of anilines is 3. The lowest BCUT2D eigenvalue weighted by Gasteiger charge is -2.35. The van der Waals surface area contributed by atoms with Crippen molar-refractivity contribution in [1.29, 1.82) is 0 Å². The van der Waals surface area contributed by atoms with Crippen molar-refractivity contribution in [2.75, 3.05) is 54.4 Å². The molecule has 0 radical (unpaired) electrons. The smallest absolute Gasteiger partial charge is 0.410 e. The third kappa shape index (κ3) is 5.61. The summed E-state index contributed by atoms with van der Waals surface area (Å²) < 4.78 is 26.5. The van der Waals surface area contributed by atoms with E-state index in [-0.39, 0.29) is 29.7 Å². The summed E-state index contributed by atoms with van der Waals surface area (Å²) in [5.74, 6) is -0.0411. The normalized spacial score (nSPS) is 19.9. The average molecular weight is 527 g/mol. The number of rotatable bonds is 7. The molecule has 11 heteroatoms. The first-order chi connectivity index (χ1) is 18.3. The van der Waals surface area contributed by atoms with E-state index in [1.165, 1.54) is 6.92 Å². The first-order valence-electron chi connectivity index (χ1n) is 13.4. The molecule has 3 aliphatic rings. The van der Waals surface area contributed by atoms with Crippen molar-refractivity contribution >= 4 is 29.5 Å². The van der Waals surface area contributed by atoms with Gasteiger partial charge in [-0.3, -0.25) is 4.79 Å². The van der Waals surface area contributed by atoms with E-state index < -0.39 is 11.6 Å². The maximum atomic E-state index is 15.2. The van der Waals surface area contributed by atoms with Gasteiger partial charge in [-0.1, -0.05) is 6.58 Å². The second kappa shape index (κ2) is 11.0.